The summed E-state index contributed by atoms with van der Waals surface area (Å²) in [6.45, 7) is 3.45. The van der Waals surface area contributed by atoms with Crippen LogP contribution in [0.4, 0.5) is 5.69 Å². The Labute approximate surface area is 154 Å². The number of ketones is 1. The van der Waals surface area contributed by atoms with Gasteiger partial charge in [-0.2, -0.15) is 0 Å². The van der Waals surface area contributed by atoms with Gasteiger partial charge in [-0.05, 0) is 50.3 Å². The third-order valence-corrected chi connectivity index (χ3v) is 5.07. The highest BCUT2D eigenvalue weighted by molar-refractivity contribution is 6.04. The van der Waals surface area contributed by atoms with Crippen LogP contribution in [0.3, 0.4) is 0 Å². The molecule has 26 heavy (non-hydrogen) atoms. The average molecular weight is 353 g/mol. The monoisotopic (exact) mass is 353 g/mol. The van der Waals surface area contributed by atoms with E-state index in [2.05, 4.69) is 34.4 Å². The molecule has 1 aromatic heterocycles. The number of Topliss-reactive ketones (excluding diaryl/α,β-unsaturated/α-hetero) is 1. The SMILES string of the molecule is Cc1c(C(=O)NCCCCN(C)c2ccccc2)[nH]c2c1C(=O)CCC2. The van der Waals surface area contributed by atoms with Crippen LogP contribution >= 0.6 is 0 Å². The van der Waals surface area contributed by atoms with Crippen molar-refractivity contribution >= 4 is 17.4 Å². The van der Waals surface area contributed by atoms with Crippen LogP contribution in [-0.2, 0) is 6.42 Å². The van der Waals surface area contributed by atoms with Gasteiger partial charge in [0.2, 0.25) is 0 Å². The van der Waals surface area contributed by atoms with Gasteiger partial charge in [0.25, 0.3) is 5.91 Å². The summed E-state index contributed by atoms with van der Waals surface area (Å²) < 4.78 is 0. The van der Waals surface area contributed by atoms with Gasteiger partial charge in [0.05, 0.1) is 0 Å². The Kier molecular flexibility index (Phi) is 5.76. The van der Waals surface area contributed by atoms with Crippen LogP contribution in [0.15, 0.2) is 30.3 Å². The van der Waals surface area contributed by atoms with Gasteiger partial charge in [0, 0.05) is 43.5 Å². The molecule has 0 aliphatic heterocycles. The van der Waals surface area contributed by atoms with Gasteiger partial charge in [0.15, 0.2) is 5.78 Å². The molecule has 0 spiro atoms. The number of aromatic nitrogens is 1. The summed E-state index contributed by atoms with van der Waals surface area (Å²) in [5.74, 6) is 0.0455. The lowest BCUT2D eigenvalue weighted by molar-refractivity contribution is 0.0947. The van der Waals surface area contributed by atoms with Crippen LogP contribution < -0.4 is 10.2 Å². The quantitative estimate of drug-likeness (QED) is 0.749. The van der Waals surface area contributed by atoms with Crippen LogP contribution in [0.5, 0.6) is 0 Å². The second-order valence-electron chi connectivity index (χ2n) is 6.98. The van der Waals surface area contributed by atoms with Gasteiger partial charge >= 0.3 is 0 Å². The molecule has 0 saturated heterocycles. The smallest absolute Gasteiger partial charge is 0.268 e. The average Bonchev–Trinajstić information content (AvgIpc) is 3.00. The summed E-state index contributed by atoms with van der Waals surface area (Å²) in [5, 5.41) is 2.98. The molecule has 0 fully saturated rings. The fourth-order valence-corrected chi connectivity index (χ4v) is 3.58. The molecule has 2 N–H and O–H groups in total. The maximum atomic E-state index is 12.4. The summed E-state index contributed by atoms with van der Waals surface area (Å²) in [5.41, 5.74) is 4.21. The number of para-hydroxylation sites is 1. The van der Waals surface area contributed by atoms with Gasteiger partial charge in [-0.15, -0.1) is 0 Å². The number of hydrogen-bond donors (Lipinski definition) is 2. The number of nitrogens with zero attached hydrogens (tertiary/aromatic N) is 1. The second-order valence-corrected chi connectivity index (χ2v) is 6.98. The fraction of sp³-hybridized carbons (Fsp3) is 0.429. The third kappa shape index (κ3) is 3.98. The number of hydrogen-bond acceptors (Lipinski definition) is 3. The standard InChI is InChI=1S/C21H27N3O2/c1-15-19-17(11-8-12-18(19)25)23-20(15)21(26)22-13-6-7-14-24(2)16-9-4-3-5-10-16/h3-5,9-10,23H,6-8,11-14H2,1-2H3,(H,22,26). The molecule has 1 aromatic carbocycles. The summed E-state index contributed by atoms with van der Waals surface area (Å²) in [7, 11) is 2.08. The van der Waals surface area contributed by atoms with Crippen molar-refractivity contribution in [2.45, 2.75) is 39.0 Å². The lowest BCUT2D eigenvalue weighted by atomic mass is 9.94. The van der Waals surface area contributed by atoms with Gasteiger partial charge < -0.3 is 15.2 Å². The summed E-state index contributed by atoms with van der Waals surface area (Å²) in [6.07, 6.45) is 4.22. The van der Waals surface area contributed by atoms with Gasteiger partial charge in [-0.25, -0.2) is 0 Å². The highest BCUT2D eigenvalue weighted by atomic mass is 16.2. The van der Waals surface area contributed by atoms with Crippen molar-refractivity contribution in [2.24, 2.45) is 0 Å². The molecule has 138 valence electrons. The Morgan fingerprint density at radius 3 is 2.69 bits per heavy atom. The van der Waals surface area contributed by atoms with Gasteiger partial charge in [-0.3, -0.25) is 9.59 Å². The minimum absolute atomic E-state index is 0.110. The number of rotatable bonds is 7. The minimum atomic E-state index is -0.110. The topological polar surface area (TPSA) is 65.2 Å². The fourth-order valence-electron chi connectivity index (χ4n) is 3.58. The molecule has 3 rings (SSSR count). The normalized spacial score (nSPS) is 13.4. The van der Waals surface area contributed by atoms with Gasteiger partial charge in [0.1, 0.15) is 5.69 Å². The largest absolute Gasteiger partial charge is 0.375 e. The Balaban J connectivity index is 1.46. The molecule has 5 nitrogen and oxygen atoms in total. The van der Waals surface area contributed by atoms with Crippen molar-refractivity contribution in [3.8, 4) is 0 Å². The Bertz CT molecular complexity index is 780. The van der Waals surface area contributed by atoms with Crippen molar-refractivity contribution in [1.29, 1.82) is 0 Å². The highest BCUT2D eigenvalue weighted by Crippen LogP contribution is 2.26. The van der Waals surface area contributed by atoms with Crippen molar-refractivity contribution < 1.29 is 9.59 Å². The summed E-state index contributed by atoms with van der Waals surface area (Å²) in [6, 6.07) is 10.3. The first-order valence-corrected chi connectivity index (χ1v) is 9.37. The first-order valence-electron chi connectivity index (χ1n) is 9.37. The predicted molar refractivity (Wildman–Crippen MR) is 104 cm³/mol. The van der Waals surface area contributed by atoms with E-state index in [1.54, 1.807) is 0 Å². The number of benzene rings is 1. The van der Waals surface area contributed by atoms with Crippen molar-refractivity contribution in [2.75, 3.05) is 25.0 Å². The summed E-state index contributed by atoms with van der Waals surface area (Å²) in [4.78, 5) is 29.9. The first-order chi connectivity index (χ1) is 12.6. The molecule has 0 saturated carbocycles. The third-order valence-electron chi connectivity index (χ3n) is 5.07. The zero-order valence-corrected chi connectivity index (χ0v) is 15.6. The number of amides is 1. The molecule has 2 aromatic rings. The number of fused-ring (bicyclic) bond motifs is 1. The molecule has 0 atom stereocenters. The molecule has 5 heteroatoms. The Hall–Kier alpha value is -2.56. The number of H-pyrrole nitrogens is 1. The Morgan fingerprint density at radius 2 is 1.96 bits per heavy atom. The van der Waals surface area contributed by atoms with Gasteiger partial charge in [-0.1, -0.05) is 18.2 Å². The Morgan fingerprint density at radius 1 is 1.19 bits per heavy atom. The second kappa shape index (κ2) is 8.21. The number of nitrogens with one attached hydrogen (secondary N) is 2. The summed E-state index contributed by atoms with van der Waals surface area (Å²) >= 11 is 0. The molecule has 0 radical (unpaired) electrons. The molecule has 0 bridgehead atoms. The maximum absolute atomic E-state index is 12.4. The zero-order valence-electron chi connectivity index (χ0n) is 15.6. The number of anilines is 1. The lowest BCUT2D eigenvalue weighted by Crippen LogP contribution is -2.26. The van der Waals surface area contributed by atoms with Crippen LogP contribution in [0.2, 0.25) is 0 Å². The maximum Gasteiger partial charge on any atom is 0.268 e. The minimum Gasteiger partial charge on any atom is -0.375 e. The van der Waals surface area contributed by atoms with Crippen molar-refractivity contribution in [3.05, 3.63) is 52.8 Å². The molecular weight excluding hydrogens is 326 g/mol. The van der Waals surface area contributed by atoms with E-state index < -0.39 is 0 Å². The number of carbonyl (C=O) groups is 2. The number of unbranched alkanes of at least 4 members (excludes halogenated alkanes) is 1. The molecule has 1 amide bonds. The van der Waals surface area contributed by atoms with Crippen LogP contribution in [-0.4, -0.2) is 36.8 Å². The van der Waals surface area contributed by atoms with E-state index in [1.807, 2.05) is 25.1 Å². The van der Waals surface area contributed by atoms with Crippen molar-refractivity contribution in [1.82, 2.24) is 10.3 Å². The van der Waals surface area contributed by atoms with E-state index >= 15 is 0 Å². The number of aromatic amines is 1. The number of aryl methyl sites for hydroxylation is 1. The van der Waals surface area contributed by atoms with E-state index in [-0.39, 0.29) is 11.7 Å². The number of carbonyl (C=O) groups excluding carboxylic acids is 2. The highest BCUT2D eigenvalue weighted by Gasteiger charge is 2.26. The van der Waals surface area contributed by atoms with Crippen LogP contribution in [0.25, 0.3) is 0 Å². The van der Waals surface area contributed by atoms with Crippen LogP contribution in [0.1, 0.15) is 57.8 Å². The molecule has 0 unspecified atom stereocenters. The lowest BCUT2D eigenvalue weighted by Gasteiger charge is -2.19. The predicted octanol–water partition coefficient (Wildman–Crippen LogP) is 3.49. The molecule has 1 heterocycles. The van der Waals surface area contributed by atoms with E-state index in [4.69, 9.17) is 0 Å². The molecule has 1 aliphatic rings. The van der Waals surface area contributed by atoms with E-state index in [0.717, 1.165) is 49.0 Å². The van der Waals surface area contributed by atoms with Crippen molar-refractivity contribution in [3.63, 3.8) is 0 Å². The van der Waals surface area contributed by atoms with Crippen LogP contribution in [0, 0.1) is 6.92 Å². The molecule has 1 aliphatic carbocycles. The first kappa shape index (κ1) is 18.2. The van der Waals surface area contributed by atoms with E-state index in [1.165, 1.54) is 5.69 Å². The zero-order chi connectivity index (χ0) is 18.5. The van der Waals surface area contributed by atoms with E-state index in [9.17, 15) is 9.59 Å². The van der Waals surface area contributed by atoms with E-state index in [0.29, 0.717) is 18.7 Å². The molecular formula is C21H27N3O2.